The maximum atomic E-state index is 9.54. The Hall–Kier alpha value is -2.76. The molecule has 0 amide bonds. The SMILES string of the molecule is Cc1ccc(/C(C#N)=C\c2cccn2-c2ccc(C)c(Cl)c2)cc1. The van der Waals surface area contributed by atoms with Crippen molar-refractivity contribution in [3.63, 3.8) is 0 Å². The first-order valence-electron chi connectivity index (χ1n) is 7.71. The normalized spacial score (nSPS) is 11.3. The second-order valence-electron chi connectivity index (χ2n) is 5.77. The molecule has 0 aliphatic heterocycles. The van der Waals surface area contributed by atoms with Crippen LogP contribution < -0.4 is 0 Å². The van der Waals surface area contributed by atoms with Gasteiger partial charge < -0.3 is 4.57 Å². The molecule has 0 unspecified atom stereocenters. The van der Waals surface area contributed by atoms with Crippen LogP contribution in [-0.4, -0.2) is 4.57 Å². The standard InChI is InChI=1S/C21H17ClN2/c1-15-5-8-17(9-6-15)18(14-23)12-19-4-3-11-24(19)20-10-7-16(2)21(22)13-20/h3-13H,1-2H3/b18-12-. The largest absolute Gasteiger partial charge is 0.317 e. The lowest BCUT2D eigenvalue weighted by Gasteiger charge is -2.09. The molecule has 0 radical (unpaired) electrons. The van der Waals surface area contributed by atoms with Gasteiger partial charge in [0.2, 0.25) is 0 Å². The smallest absolute Gasteiger partial charge is 0.0998 e. The predicted molar refractivity (Wildman–Crippen MR) is 100 cm³/mol. The lowest BCUT2D eigenvalue weighted by molar-refractivity contribution is 1.06. The molecule has 2 nitrogen and oxygen atoms in total. The van der Waals surface area contributed by atoms with E-state index in [2.05, 4.69) is 6.07 Å². The quantitative estimate of drug-likeness (QED) is 0.556. The first-order chi connectivity index (χ1) is 11.6. The predicted octanol–water partition coefficient (Wildman–Crippen LogP) is 5.81. The number of aromatic nitrogens is 1. The second kappa shape index (κ2) is 6.78. The van der Waals surface area contributed by atoms with E-state index in [1.807, 2.05) is 85.3 Å². The highest BCUT2D eigenvalue weighted by molar-refractivity contribution is 6.31. The zero-order valence-electron chi connectivity index (χ0n) is 13.6. The van der Waals surface area contributed by atoms with Crippen molar-refractivity contribution in [2.45, 2.75) is 13.8 Å². The fourth-order valence-electron chi connectivity index (χ4n) is 2.54. The van der Waals surface area contributed by atoms with Gasteiger partial charge in [-0.2, -0.15) is 5.26 Å². The third kappa shape index (κ3) is 3.27. The van der Waals surface area contributed by atoms with E-state index in [-0.39, 0.29) is 0 Å². The Morgan fingerprint density at radius 2 is 1.83 bits per heavy atom. The Bertz CT molecular complexity index is 941. The molecule has 0 aliphatic rings. The van der Waals surface area contributed by atoms with E-state index < -0.39 is 0 Å². The molecule has 3 heteroatoms. The molecule has 1 heterocycles. The molecular formula is C21H17ClN2. The molecule has 0 atom stereocenters. The van der Waals surface area contributed by atoms with Crippen LogP contribution in [0.25, 0.3) is 17.3 Å². The first-order valence-corrected chi connectivity index (χ1v) is 8.09. The lowest BCUT2D eigenvalue weighted by Crippen LogP contribution is -1.96. The minimum absolute atomic E-state index is 0.633. The van der Waals surface area contributed by atoms with E-state index in [1.165, 1.54) is 5.56 Å². The van der Waals surface area contributed by atoms with Crippen molar-refractivity contribution in [2.24, 2.45) is 0 Å². The average Bonchev–Trinajstić information content (AvgIpc) is 3.04. The number of hydrogen-bond donors (Lipinski definition) is 0. The zero-order valence-corrected chi connectivity index (χ0v) is 14.4. The number of rotatable bonds is 3. The van der Waals surface area contributed by atoms with Crippen LogP contribution in [0.1, 0.15) is 22.4 Å². The molecule has 24 heavy (non-hydrogen) atoms. The van der Waals surface area contributed by atoms with Crippen LogP contribution in [0.2, 0.25) is 5.02 Å². The van der Waals surface area contributed by atoms with Crippen molar-refractivity contribution in [1.82, 2.24) is 4.57 Å². The number of nitrogens with zero attached hydrogens (tertiary/aromatic N) is 2. The highest BCUT2D eigenvalue weighted by Crippen LogP contribution is 2.24. The Morgan fingerprint density at radius 3 is 2.50 bits per heavy atom. The fourth-order valence-corrected chi connectivity index (χ4v) is 2.71. The van der Waals surface area contributed by atoms with Gasteiger partial charge >= 0.3 is 0 Å². The summed E-state index contributed by atoms with van der Waals surface area (Å²) in [5, 5.41) is 10.3. The molecule has 0 saturated carbocycles. The lowest BCUT2D eigenvalue weighted by atomic mass is 10.0. The summed E-state index contributed by atoms with van der Waals surface area (Å²) in [5.41, 5.74) is 5.68. The molecule has 3 rings (SSSR count). The Morgan fingerprint density at radius 1 is 1.08 bits per heavy atom. The van der Waals surface area contributed by atoms with Gasteiger partial charge in [0.25, 0.3) is 0 Å². The van der Waals surface area contributed by atoms with Crippen molar-refractivity contribution >= 4 is 23.3 Å². The summed E-state index contributed by atoms with van der Waals surface area (Å²) >= 11 is 6.25. The van der Waals surface area contributed by atoms with Crippen molar-refractivity contribution in [3.8, 4) is 11.8 Å². The summed E-state index contributed by atoms with van der Waals surface area (Å²) in [6, 6.07) is 20.2. The van der Waals surface area contributed by atoms with Crippen LogP contribution in [0.3, 0.4) is 0 Å². The van der Waals surface area contributed by atoms with Crippen molar-refractivity contribution in [3.05, 3.63) is 88.2 Å². The van der Waals surface area contributed by atoms with Gasteiger partial charge in [-0.1, -0.05) is 47.5 Å². The molecule has 0 N–H and O–H groups in total. The number of hydrogen-bond acceptors (Lipinski definition) is 1. The van der Waals surface area contributed by atoms with E-state index in [4.69, 9.17) is 11.6 Å². The van der Waals surface area contributed by atoms with E-state index in [9.17, 15) is 5.26 Å². The fraction of sp³-hybridized carbons (Fsp3) is 0.0952. The molecule has 1 aromatic heterocycles. The third-order valence-corrected chi connectivity index (χ3v) is 4.40. The molecule has 0 saturated heterocycles. The zero-order chi connectivity index (χ0) is 17.1. The first kappa shape index (κ1) is 16.1. The Kier molecular flexibility index (Phi) is 4.55. The van der Waals surface area contributed by atoms with Gasteiger partial charge in [-0.15, -0.1) is 0 Å². The van der Waals surface area contributed by atoms with E-state index in [1.54, 1.807) is 0 Å². The number of halogens is 1. The van der Waals surface area contributed by atoms with Gasteiger partial charge in [0.05, 0.1) is 11.6 Å². The molecule has 0 fully saturated rings. The van der Waals surface area contributed by atoms with Gasteiger partial charge in [0.15, 0.2) is 0 Å². The van der Waals surface area contributed by atoms with Crippen LogP contribution in [-0.2, 0) is 0 Å². The van der Waals surface area contributed by atoms with Gasteiger partial charge in [0, 0.05) is 22.6 Å². The second-order valence-corrected chi connectivity index (χ2v) is 6.18. The van der Waals surface area contributed by atoms with Crippen LogP contribution in [0.5, 0.6) is 0 Å². The summed E-state index contributed by atoms with van der Waals surface area (Å²) in [7, 11) is 0. The molecule has 2 aromatic carbocycles. The highest BCUT2D eigenvalue weighted by atomic mass is 35.5. The average molecular weight is 333 g/mol. The summed E-state index contributed by atoms with van der Waals surface area (Å²) in [6.45, 7) is 4.01. The van der Waals surface area contributed by atoms with Crippen LogP contribution in [0.15, 0.2) is 60.8 Å². The van der Waals surface area contributed by atoms with E-state index in [0.717, 1.165) is 27.5 Å². The monoisotopic (exact) mass is 332 g/mol. The van der Waals surface area contributed by atoms with Crippen molar-refractivity contribution in [2.75, 3.05) is 0 Å². The minimum Gasteiger partial charge on any atom is -0.317 e. The van der Waals surface area contributed by atoms with Crippen molar-refractivity contribution in [1.29, 1.82) is 5.26 Å². The number of nitriles is 1. The van der Waals surface area contributed by atoms with Crippen molar-refractivity contribution < 1.29 is 0 Å². The molecule has 118 valence electrons. The van der Waals surface area contributed by atoms with Crippen LogP contribution in [0.4, 0.5) is 0 Å². The highest BCUT2D eigenvalue weighted by Gasteiger charge is 2.06. The summed E-state index contributed by atoms with van der Waals surface area (Å²) in [5.74, 6) is 0. The maximum absolute atomic E-state index is 9.54. The Labute approximate surface area is 147 Å². The topological polar surface area (TPSA) is 28.7 Å². The molecule has 0 bridgehead atoms. The maximum Gasteiger partial charge on any atom is 0.0998 e. The van der Waals surface area contributed by atoms with Gasteiger partial charge in [-0.25, -0.2) is 0 Å². The number of benzene rings is 2. The number of aryl methyl sites for hydroxylation is 2. The molecule has 3 aromatic rings. The summed E-state index contributed by atoms with van der Waals surface area (Å²) in [6.07, 6.45) is 3.87. The Balaban J connectivity index is 2.04. The van der Waals surface area contributed by atoms with Gasteiger partial charge in [-0.3, -0.25) is 0 Å². The minimum atomic E-state index is 0.633. The van der Waals surface area contributed by atoms with Gasteiger partial charge in [-0.05, 0) is 55.3 Å². The van der Waals surface area contributed by atoms with Crippen LogP contribution >= 0.6 is 11.6 Å². The summed E-state index contributed by atoms with van der Waals surface area (Å²) < 4.78 is 2.02. The van der Waals surface area contributed by atoms with Gasteiger partial charge in [0.1, 0.15) is 0 Å². The number of allylic oxidation sites excluding steroid dienone is 1. The van der Waals surface area contributed by atoms with E-state index in [0.29, 0.717) is 5.57 Å². The molecule has 0 aliphatic carbocycles. The van der Waals surface area contributed by atoms with Crippen LogP contribution in [0, 0.1) is 25.2 Å². The van der Waals surface area contributed by atoms with E-state index >= 15 is 0 Å². The molecular weight excluding hydrogens is 316 g/mol. The third-order valence-electron chi connectivity index (χ3n) is 3.99. The summed E-state index contributed by atoms with van der Waals surface area (Å²) in [4.78, 5) is 0. The molecule has 0 spiro atoms.